The van der Waals surface area contributed by atoms with Crippen molar-refractivity contribution in [2.75, 3.05) is 7.11 Å². The van der Waals surface area contributed by atoms with Crippen LogP contribution in [0.15, 0.2) is 0 Å². The molecule has 0 heterocycles. The fourth-order valence-electron chi connectivity index (χ4n) is 2.33. The van der Waals surface area contributed by atoms with E-state index in [0.717, 1.165) is 29.9 Å². The third kappa shape index (κ3) is 4.35. The Morgan fingerprint density at radius 2 is 1.27 bits per heavy atom. The Balaban J connectivity index is 3.63. The number of benzene rings is 1. The van der Waals surface area contributed by atoms with E-state index in [1.54, 1.807) is 0 Å². The summed E-state index contributed by atoms with van der Waals surface area (Å²) in [6.45, 7) is 0.733. The summed E-state index contributed by atoms with van der Waals surface area (Å²) in [4.78, 5) is 0. The molecule has 13 heteroatoms. The molecular weight excluding hydrogens is 505 g/mol. The van der Waals surface area contributed by atoms with Gasteiger partial charge in [-0.1, -0.05) is 6.92 Å². The predicted octanol–water partition coefficient (Wildman–Crippen LogP) is 5.88. The topological polar surface area (TPSA) is 18.5 Å². The maximum Gasteiger partial charge on any atom is 0.422 e. The minimum Gasteiger partial charge on any atom is -0.376 e. The molecule has 3 atom stereocenters. The van der Waals surface area contributed by atoms with Crippen molar-refractivity contribution in [3.05, 3.63) is 34.4 Å². The van der Waals surface area contributed by atoms with Crippen LogP contribution >= 0.6 is 23.0 Å². The van der Waals surface area contributed by atoms with Gasteiger partial charge in [0.25, 0.3) is 0 Å². The molecule has 0 bridgehead atoms. The Bertz CT molecular complexity index is 629. The van der Waals surface area contributed by atoms with Gasteiger partial charge in [0.05, 0.1) is 11.7 Å². The monoisotopic (exact) mass is 514 g/mol. The van der Waals surface area contributed by atoms with E-state index in [-0.39, 0.29) is 0 Å². The molecule has 0 aliphatic heterocycles. The summed E-state index contributed by atoms with van der Waals surface area (Å²) in [5, 5.41) is 0. The smallest absolute Gasteiger partial charge is 0.376 e. The lowest BCUT2D eigenvalue weighted by Gasteiger charge is -2.30. The summed E-state index contributed by atoms with van der Waals surface area (Å²) in [6.07, 6.45) is -15.8. The molecule has 0 aromatic heterocycles. The molecule has 150 valence electrons. The normalized spacial score (nSPS) is 16.5. The van der Waals surface area contributed by atoms with E-state index in [4.69, 9.17) is 0 Å². The van der Waals surface area contributed by atoms with Crippen LogP contribution in [0, 0.1) is 29.2 Å². The second-order valence-electron chi connectivity index (χ2n) is 5.11. The lowest BCUT2D eigenvalue weighted by molar-refractivity contribution is -0.210. The molecular formula is C13H9F10IO2. The Morgan fingerprint density at radius 3 is 1.54 bits per heavy atom. The summed E-state index contributed by atoms with van der Waals surface area (Å²) in [7, 11) is 0.661. The molecule has 1 aromatic carbocycles. The first-order valence-electron chi connectivity index (χ1n) is 6.50. The highest BCUT2D eigenvalue weighted by atomic mass is 127. The lowest BCUT2D eigenvalue weighted by Crippen LogP contribution is -2.39. The van der Waals surface area contributed by atoms with Crippen LogP contribution in [0.4, 0.5) is 43.9 Å². The Hall–Kier alpha value is -0.830. The molecule has 0 N–H and O–H groups in total. The third-order valence-electron chi connectivity index (χ3n) is 3.49. The van der Waals surface area contributed by atoms with Crippen molar-refractivity contribution in [1.29, 1.82) is 0 Å². The molecule has 1 rings (SSSR count). The lowest BCUT2D eigenvalue weighted by atomic mass is 9.90. The molecule has 0 saturated heterocycles. The van der Waals surface area contributed by atoms with Gasteiger partial charge in [0, 0.05) is 13.0 Å². The summed E-state index contributed by atoms with van der Waals surface area (Å²) >= 11 is 0.846. The number of rotatable bonds is 5. The molecule has 1 aromatic rings. The standard InChI is InChI=1S/C13H9F10IO2/c1-3(11(26-24)13(21,22)23)10(25-2)4-6(14)8(16)5(12(18,19)20)9(17)7(4)15/h3,10-11H,1-2H3. The largest absolute Gasteiger partial charge is 0.422 e. The number of methoxy groups -OCH3 is 1. The van der Waals surface area contributed by atoms with Gasteiger partial charge in [-0.2, -0.15) is 26.3 Å². The second kappa shape index (κ2) is 8.04. The molecule has 0 spiro atoms. The van der Waals surface area contributed by atoms with Crippen LogP contribution in [-0.4, -0.2) is 19.4 Å². The Kier molecular flexibility index (Phi) is 7.18. The molecule has 0 radical (unpaired) electrons. The molecule has 0 saturated carbocycles. The third-order valence-corrected chi connectivity index (χ3v) is 4.04. The van der Waals surface area contributed by atoms with Crippen molar-refractivity contribution in [2.24, 2.45) is 5.92 Å². The number of halogens is 11. The zero-order valence-corrected chi connectivity index (χ0v) is 14.9. The van der Waals surface area contributed by atoms with Gasteiger partial charge in [0.2, 0.25) is 0 Å². The maximum absolute atomic E-state index is 14.0. The van der Waals surface area contributed by atoms with Crippen LogP contribution in [0.2, 0.25) is 0 Å². The van der Waals surface area contributed by atoms with Gasteiger partial charge in [-0.05, 0) is 0 Å². The van der Waals surface area contributed by atoms with E-state index in [1.165, 1.54) is 0 Å². The molecule has 3 unspecified atom stereocenters. The number of alkyl halides is 6. The van der Waals surface area contributed by atoms with Crippen molar-refractivity contribution in [3.8, 4) is 0 Å². The van der Waals surface area contributed by atoms with Gasteiger partial charge in [-0.15, -0.1) is 0 Å². The van der Waals surface area contributed by atoms with E-state index in [9.17, 15) is 43.9 Å². The van der Waals surface area contributed by atoms with Gasteiger partial charge in [-0.25, -0.2) is 17.6 Å². The Morgan fingerprint density at radius 1 is 0.846 bits per heavy atom. The summed E-state index contributed by atoms with van der Waals surface area (Å²) in [5.41, 5.74) is -4.58. The predicted molar refractivity (Wildman–Crippen MR) is 75.1 cm³/mol. The first-order chi connectivity index (χ1) is 11.7. The van der Waals surface area contributed by atoms with E-state index in [2.05, 4.69) is 7.80 Å². The molecule has 2 nitrogen and oxygen atoms in total. The van der Waals surface area contributed by atoms with Crippen LogP contribution in [0.1, 0.15) is 24.2 Å². The maximum atomic E-state index is 14.0. The Labute approximate surface area is 154 Å². The average molecular weight is 514 g/mol. The van der Waals surface area contributed by atoms with Crippen molar-refractivity contribution in [3.63, 3.8) is 0 Å². The van der Waals surface area contributed by atoms with Crippen molar-refractivity contribution in [1.82, 2.24) is 0 Å². The van der Waals surface area contributed by atoms with Crippen LogP contribution < -0.4 is 0 Å². The molecule has 0 amide bonds. The highest BCUT2D eigenvalue weighted by Crippen LogP contribution is 2.43. The minimum absolute atomic E-state index is 0.661. The van der Waals surface area contributed by atoms with E-state index in [0.29, 0.717) is 7.11 Å². The molecule has 26 heavy (non-hydrogen) atoms. The average Bonchev–Trinajstić information content (AvgIpc) is 2.47. The van der Waals surface area contributed by atoms with Crippen molar-refractivity contribution >= 4 is 23.0 Å². The first kappa shape index (κ1) is 23.2. The van der Waals surface area contributed by atoms with Crippen LogP contribution in [0.5, 0.6) is 0 Å². The van der Waals surface area contributed by atoms with E-state index in [1.807, 2.05) is 0 Å². The van der Waals surface area contributed by atoms with E-state index >= 15 is 0 Å². The van der Waals surface area contributed by atoms with Crippen LogP contribution in [-0.2, 0) is 14.0 Å². The first-order valence-corrected chi connectivity index (χ1v) is 7.38. The number of hydrogen-bond donors (Lipinski definition) is 0. The second-order valence-corrected chi connectivity index (χ2v) is 5.62. The fourth-order valence-corrected chi connectivity index (χ4v) is 3.08. The zero-order valence-electron chi connectivity index (χ0n) is 12.7. The number of ether oxygens (including phenoxy) is 1. The summed E-state index contributed by atoms with van der Waals surface area (Å²) < 4.78 is 140. The molecule has 0 aliphatic rings. The fraction of sp³-hybridized carbons (Fsp3) is 0.538. The zero-order chi connectivity index (χ0) is 20.6. The molecule has 0 aliphatic carbocycles. The van der Waals surface area contributed by atoms with Gasteiger partial charge in [-0.3, -0.25) is 0 Å². The van der Waals surface area contributed by atoms with E-state index < -0.39 is 64.9 Å². The minimum atomic E-state index is -5.78. The highest BCUT2D eigenvalue weighted by molar-refractivity contribution is 14.1. The number of hydrogen-bond acceptors (Lipinski definition) is 2. The molecule has 0 fully saturated rings. The van der Waals surface area contributed by atoms with Gasteiger partial charge < -0.3 is 7.80 Å². The van der Waals surface area contributed by atoms with Crippen molar-refractivity contribution < 1.29 is 51.7 Å². The SMILES string of the molecule is COC(c1c(F)c(F)c(C(F)(F)F)c(F)c1F)C(C)C(OI)C(F)(F)F. The van der Waals surface area contributed by atoms with Crippen molar-refractivity contribution in [2.45, 2.75) is 31.5 Å². The highest BCUT2D eigenvalue weighted by Gasteiger charge is 2.49. The van der Waals surface area contributed by atoms with Gasteiger partial charge in [0.1, 0.15) is 28.6 Å². The summed E-state index contributed by atoms with van der Waals surface area (Å²) in [5.74, 6) is -12.6. The summed E-state index contributed by atoms with van der Waals surface area (Å²) in [6, 6.07) is 0. The quantitative estimate of drug-likeness (QED) is 0.278. The van der Waals surface area contributed by atoms with Crippen LogP contribution in [0.25, 0.3) is 0 Å². The van der Waals surface area contributed by atoms with Gasteiger partial charge >= 0.3 is 12.4 Å². The van der Waals surface area contributed by atoms with Gasteiger partial charge in [0.15, 0.2) is 29.4 Å². The van der Waals surface area contributed by atoms with Crippen LogP contribution in [0.3, 0.4) is 0 Å².